The molecule has 0 saturated carbocycles. The summed E-state index contributed by atoms with van der Waals surface area (Å²) in [5.41, 5.74) is 0. The third-order valence-corrected chi connectivity index (χ3v) is 3.29. The van der Waals surface area contributed by atoms with Crippen molar-refractivity contribution in [1.82, 2.24) is 10.3 Å². The molecule has 0 aliphatic rings. The fourth-order valence-corrected chi connectivity index (χ4v) is 2.20. The SMILES string of the molecule is CCOC(=O)CNCc1sc(N(C)C)nc1OC. The molecule has 0 atom stereocenters. The first-order valence-corrected chi connectivity index (χ1v) is 6.47. The molecule has 0 unspecified atom stereocenters. The zero-order chi connectivity index (χ0) is 13.5. The summed E-state index contributed by atoms with van der Waals surface area (Å²) in [6.45, 7) is 2.91. The van der Waals surface area contributed by atoms with Gasteiger partial charge in [0.2, 0.25) is 5.88 Å². The minimum Gasteiger partial charge on any atom is -0.480 e. The molecule has 7 heteroatoms. The molecule has 0 saturated heterocycles. The van der Waals surface area contributed by atoms with Gasteiger partial charge in [0.15, 0.2) is 5.13 Å². The van der Waals surface area contributed by atoms with Crippen molar-refractivity contribution in [3.8, 4) is 5.88 Å². The standard InChI is InChI=1S/C11H19N3O3S/c1-5-17-9(15)7-12-6-8-10(16-4)13-11(18-8)14(2)3/h12H,5-7H2,1-4H3. The van der Waals surface area contributed by atoms with E-state index in [1.807, 2.05) is 19.0 Å². The molecular formula is C11H19N3O3S. The summed E-state index contributed by atoms with van der Waals surface area (Å²) >= 11 is 1.53. The van der Waals surface area contributed by atoms with Gasteiger partial charge in [0.1, 0.15) is 0 Å². The second-order valence-corrected chi connectivity index (χ2v) is 4.79. The zero-order valence-electron chi connectivity index (χ0n) is 11.1. The maximum absolute atomic E-state index is 11.2. The first-order valence-electron chi connectivity index (χ1n) is 5.65. The molecule has 0 fully saturated rings. The van der Waals surface area contributed by atoms with Gasteiger partial charge in [-0.05, 0) is 6.92 Å². The van der Waals surface area contributed by atoms with Gasteiger partial charge in [0, 0.05) is 20.6 Å². The zero-order valence-corrected chi connectivity index (χ0v) is 12.0. The summed E-state index contributed by atoms with van der Waals surface area (Å²) < 4.78 is 10.0. The Balaban J connectivity index is 2.53. The lowest BCUT2D eigenvalue weighted by Crippen LogP contribution is -2.24. The Hall–Kier alpha value is -1.34. The van der Waals surface area contributed by atoms with Crippen molar-refractivity contribution in [2.75, 3.05) is 39.3 Å². The highest BCUT2D eigenvalue weighted by Gasteiger charge is 2.13. The number of nitrogens with one attached hydrogen (secondary N) is 1. The van der Waals surface area contributed by atoms with E-state index in [4.69, 9.17) is 9.47 Å². The highest BCUT2D eigenvalue weighted by Crippen LogP contribution is 2.29. The molecule has 0 aliphatic carbocycles. The monoisotopic (exact) mass is 273 g/mol. The predicted octanol–water partition coefficient (Wildman–Crippen LogP) is 0.870. The number of hydrogen-bond acceptors (Lipinski definition) is 7. The first-order chi connectivity index (χ1) is 8.58. The Labute approximate surface area is 111 Å². The Bertz CT molecular complexity index is 393. The van der Waals surface area contributed by atoms with Crippen molar-refractivity contribution in [2.24, 2.45) is 0 Å². The van der Waals surface area contributed by atoms with E-state index in [2.05, 4.69) is 10.3 Å². The number of esters is 1. The second-order valence-electron chi connectivity index (χ2n) is 3.73. The van der Waals surface area contributed by atoms with Crippen molar-refractivity contribution in [2.45, 2.75) is 13.5 Å². The number of thiazole rings is 1. The fraction of sp³-hybridized carbons (Fsp3) is 0.636. The average Bonchev–Trinajstić information content (AvgIpc) is 2.73. The van der Waals surface area contributed by atoms with Gasteiger partial charge >= 0.3 is 5.97 Å². The van der Waals surface area contributed by atoms with E-state index >= 15 is 0 Å². The third-order valence-electron chi connectivity index (χ3n) is 2.09. The average molecular weight is 273 g/mol. The Morgan fingerprint density at radius 3 is 2.78 bits per heavy atom. The number of hydrogen-bond donors (Lipinski definition) is 1. The van der Waals surface area contributed by atoms with Crippen molar-refractivity contribution in [3.63, 3.8) is 0 Å². The van der Waals surface area contributed by atoms with Gasteiger partial charge in [-0.1, -0.05) is 11.3 Å². The van der Waals surface area contributed by atoms with Gasteiger partial charge in [-0.25, -0.2) is 0 Å². The lowest BCUT2D eigenvalue weighted by atomic mass is 10.5. The topological polar surface area (TPSA) is 63.7 Å². The van der Waals surface area contributed by atoms with Crippen LogP contribution in [-0.4, -0.2) is 45.3 Å². The van der Waals surface area contributed by atoms with Crippen molar-refractivity contribution < 1.29 is 14.3 Å². The van der Waals surface area contributed by atoms with Crippen LogP contribution < -0.4 is 15.0 Å². The molecule has 0 aliphatic heterocycles. The van der Waals surface area contributed by atoms with Crippen LogP contribution in [0.4, 0.5) is 5.13 Å². The van der Waals surface area contributed by atoms with Crippen LogP contribution in [0.15, 0.2) is 0 Å². The van der Waals surface area contributed by atoms with Crippen molar-refractivity contribution in [3.05, 3.63) is 4.88 Å². The normalized spacial score (nSPS) is 10.2. The molecule has 102 valence electrons. The van der Waals surface area contributed by atoms with Crippen LogP contribution in [-0.2, 0) is 16.1 Å². The van der Waals surface area contributed by atoms with Crippen LogP contribution in [0.5, 0.6) is 5.88 Å². The van der Waals surface area contributed by atoms with Crippen LogP contribution in [0.2, 0.25) is 0 Å². The van der Waals surface area contributed by atoms with E-state index in [0.717, 1.165) is 10.0 Å². The molecule has 0 spiro atoms. The number of anilines is 1. The van der Waals surface area contributed by atoms with E-state index in [1.54, 1.807) is 14.0 Å². The highest BCUT2D eigenvalue weighted by atomic mass is 32.1. The number of ether oxygens (including phenoxy) is 2. The molecule has 1 aromatic heterocycles. The second kappa shape index (κ2) is 7.17. The summed E-state index contributed by atoms with van der Waals surface area (Å²) in [6, 6.07) is 0. The molecule has 0 aromatic carbocycles. The molecule has 1 aromatic rings. The van der Waals surface area contributed by atoms with E-state index < -0.39 is 0 Å². The van der Waals surface area contributed by atoms with Gasteiger partial charge in [-0.3, -0.25) is 4.79 Å². The molecule has 6 nitrogen and oxygen atoms in total. The van der Waals surface area contributed by atoms with E-state index in [9.17, 15) is 4.79 Å². The number of carbonyl (C=O) groups excluding carboxylic acids is 1. The van der Waals surface area contributed by atoms with Gasteiger partial charge in [-0.2, -0.15) is 4.98 Å². The molecule has 1 rings (SSSR count). The summed E-state index contributed by atoms with van der Waals surface area (Å²) in [5.74, 6) is 0.342. The maximum atomic E-state index is 11.2. The predicted molar refractivity (Wildman–Crippen MR) is 71.3 cm³/mol. The quantitative estimate of drug-likeness (QED) is 0.744. The van der Waals surface area contributed by atoms with Gasteiger partial charge in [-0.15, -0.1) is 0 Å². The third kappa shape index (κ3) is 4.15. The van der Waals surface area contributed by atoms with Gasteiger partial charge in [0.25, 0.3) is 0 Å². The van der Waals surface area contributed by atoms with Crippen LogP contribution in [0, 0.1) is 0 Å². The molecule has 0 amide bonds. The minimum absolute atomic E-state index is 0.187. The van der Waals surface area contributed by atoms with E-state index in [-0.39, 0.29) is 12.5 Å². The molecular weight excluding hydrogens is 254 g/mol. The largest absolute Gasteiger partial charge is 0.480 e. The molecule has 1 heterocycles. The number of methoxy groups -OCH3 is 1. The Morgan fingerprint density at radius 1 is 1.50 bits per heavy atom. The molecule has 0 radical (unpaired) electrons. The number of aromatic nitrogens is 1. The van der Waals surface area contributed by atoms with Crippen LogP contribution in [0.3, 0.4) is 0 Å². The van der Waals surface area contributed by atoms with E-state index in [0.29, 0.717) is 19.0 Å². The number of carbonyl (C=O) groups is 1. The van der Waals surface area contributed by atoms with Gasteiger partial charge < -0.3 is 19.7 Å². The van der Waals surface area contributed by atoms with E-state index in [1.165, 1.54) is 11.3 Å². The lowest BCUT2D eigenvalue weighted by Gasteiger charge is -2.05. The van der Waals surface area contributed by atoms with Crippen molar-refractivity contribution >= 4 is 22.4 Å². The maximum Gasteiger partial charge on any atom is 0.319 e. The number of rotatable bonds is 7. The lowest BCUT2D eigenvalue weighted by molar-refractivity contribution is -0.142. The fourth-order valence-electron chi connectivity index (χ4n) is 1.28. The van der Waals surface area contributed by atoms with Crippen LogP contribution >= 0.6 is 11.3 Å². The summed E-state index contributed by atoms with van der Waals surface area (Å²) in [5, 5.41) is 3.89. The molecule has 0 bridgehead atoms. The van der Waals surface area contributed by atoms with Crippen LogP contribution in [0.1, 0.15) is 11.8 Å². The summed E-state index contributed by atoms with van der Waals surface area (Å²) in [7, 11) is 5.44. The van der Waals surface area contributed by atoms with Crippen LogP contribution in [0.25, 0.3) is 0 Å². The minimum atomic E-state index is -0.256. The highest BCUT2D eigenvalue weighted by molar-refractivity contribution is 7.15. The first kappa shape index (κ1) is 14.7. The van der Waals surface area contributed by atoms with Gasteiger partial charge in [0.05, 0.1) is 25.1 Å². The Morgan fingerprint density at radius 2 is 2.22 bits per heavy atom. The van der Waals surface area contributed by atoms with Crippen molar-refractivity contribution in [1.29, 1.82) is 0 Å². The molecule has 1 N–H and O–H groups in total. The number of nitrogens with zero attached hydrogens (tertiary/aromatic N) is 2. The molecule has 18 heavy (non-hydrogen) atoms. The summed E-state index contributed by atoms with van der Waals surface area (Å²) in [6.07, 6.45) is 0. The smallest absolute Gasteiger partial charge is 0.319 e. The summed E-state index contributed by atoms with van der Waals surface area (Å²) in [4.78, 5) is 18.4. The Kier molecular flexibility index (Phi) is 5.87.